The van der Waals surface area contributed by atoms with E-state index in [1.807, 2.05) is 61.7 Å². The number of amides is 1. The Hall–Kier alpha value is -4.17. The second kappa shape index (κ2) is 13.1. The van der Waals surface area contributed by atoms with Crippen LogP contribution in [0.3, 0.4) is 0 Å². The number of carboxylic acid groups (broad SMARTS) is 1. The van der Waals surface area contributed by atoms with Gasteiger partial charge in [-0.2, -0.15) is 11.8 Å². The van der Waals surface area contributed by atoms with E-state index in [1.54, 1.807) is 24.4 Å². The van der Waals surface area contributed by atoms with E-state index in [-0.39, 0.29) is 5.82 Å². The van der Waals surface area contributed by atoms with Gasteiger partial charge in [-0.05, 0) is 77.4 Å². The largest absolute Gasteiger partial charge is 0.480 e. The first-order valence-corrected chi connectivity index (χ1v) is 13.9. The first-order chi connectivity index (χ1) is 18.8. The number of H-pyrrole nitrogens is 1. The molecular formula is C31H30FN3O3S. The third kappa shape index (κ3) is 7.45. The normalized spacial score (nSPS) is 12.2. The predicted molar refractivity (Wildman–Crippen MR) is 155 cm³/mol. The summed E-state index contributed by atoms with van der Waals surface area (Å²) in [5.74, 6) is -0.412. The van der Waals surface area contributed by atoms with Crippen molar-refractivity contribution in [2.24, 2.45) is 0 Å². The number of allylic oxidation sites excluding steroid dienone is 1. The highest BCUT2D eigenvalue weighted by Gasteiger charge is 2.22. The summed E-state index contributed by atoms with van der Waals surface area (Å²) in [7, 11) is 0. The van der Waals surface area contributed by atoms with Crippen LogP contribution in [0.1, 0.15) is 39.4 Å². The number of aliphatic carboxylic acids is 1. The van der Waals surface area contributed by atoms with E-state index in [1.165, 1.54) is 23.9 Å². The van der Waals surface area contributed by atoms with E-state index in [9.17, 15) is 19.1 Å². The van der Waals surface area contributed by atoms with Crippen LogP contribution in [0.25, 0.3) is 22.8 Å². The maximum atomic E-state index is 13.7. The maximum absolute atomic E-state index is 13.7. The third-order valence-electron chi connectivity index (χ3n) is 6.26. The van der Waals surface area contributed by atoms with E-state index in [0.717, 1.165) is 33.8 Å². The number of thioether (sulfide) groups is 1. The molecule has 0 aliphatic heterocycles. The molecule has 8 heteroatoms. The smallest absolute Gasteiger partial charge is 0.326 e. The summed E-state index contributed by atoms with van der Waals surface area (Å²) >= 11 is 1.53. The number of halogens is 1. The fourth-order valence-corrected chi connectivity index (χ4v) is 4.75. The van der Waals surface area contributed by atoms with E-state index in [2.05, 4.69) is 15.3 Å². The molecule has 0 bridgehead atoms. The number of hydrogen-bond donors (Lipinski definition) is 3. The predicted octanol–water partition coefficient (Wildman–Crippen LogP) is 6.24. The van der Waals surface area contributed by atoms with Crippen molar-refractivity contribution in [3.05, 3.63) is 113 Å². The molecule has 0 spiro atoms. The number of nitrogens with zero attached hydrogens (tertiary/aromatic N) is 1. The molecule has 0 aliphatic rings. The van der Waals surface area contributed by atoms with Gasteiger partial charge in [0.05, 0.1) is 0 Å². The number of aryl methyl sites for hydroxylation is 1. The molecule has 6 nitrogen and oxygen atoms in total. The fourth-order valence-electron chi connectivity index (χ4n) is 4.27. The summed E-state index contributed by atoms with van der Waals surface area (Å²) in [5, 5.41) is 12.3. The minimum Gasteiger partial charge on any atom is -0.480 e. The monoisotopic (exact) mass is 543 g/mol. The second-order valence-electron chi connectivity index (χ2n) is 9.18. The Morgan fingerprint density at radius 3 is 2.49 bits per heavy atom. The van der Waals surface area contributed by atoms with Gasteiger partial charge < -0.3 is 15.4 Å². The van der Waals surface area contributed by atoms with Crippen LogP contribution in [-0.4, -0.2) is 45.0 Å². The van der Waals surface area contributed by atoms with Gasteiger partial charge in [0.2, 0.25) is 0 Å². The molecule has 4 rings (SSSR count). The highest BCUT2D eigenvalue weighted by Crippen LogP contribution is 2.29. The number of carboxylic acids is 1. The zero-order valence-electron chi connectivity index (χ0n) is 21.8. The summed E-state index contributed by atoms with van der Waals surface area (Å²) in [4.78, 5) is 32.7. The molecular weight excluding hydrogens is 513 g/mol. The van der Waals surface area contributed by atoms with Gasteiger partial charge >= 0.3 is 5.97 Å². The van der Waals surface area contributed by atoms with Crippen molar-refractivity contribution in [1.82, 2.24) is 15.3 Å². The molecule has 1 heterocycles. The average molecular weight is 544 g/mol. The van der Waals surface area contributed by atoms with E-state index in [0.29, 0.717) is 29.7 Å². The summed E-state index contributed by atoms with van der Waals surface area (Å²) in [6, 6.07) is 20.3. The van der Waals surface area contributed by atoms with Gasteiger partial charge in [0.25, 0.3) is 5.91 Å². The van der Waals surface area contributed by atoms with Gasteiger partial charge in [-0.3, -0.25) is 4.79 Å². The lowest BCUT2D eigenvalue weighted by atomic mass is 9.94. The lowest BCUT2D eigenvalue weighted by molar-refractivity contribution is -0.139. The maximum Gasteiger partial charge on any atom is 0.326 e. The first kappa shape index (κ1) is 27.9. The van der Waals surface area contributed by atoms with E-state index >= 15 is 0 Å². The topological polar surface area (TPSA) is 95.1 Å². The van der Waals surface area contributed by atoms with Crippen molar-refractivity contribution in [3.63, 3.8) is 0 Å². The molecule has 0 saturated heterocycles. The van der Waals surface area contributed by atoms with Gasteiger partial charge in [-0.1, -0.05) is 54.6 Å². The molecule has 4 aromatic rings. The summed E-state index contributed by atoms with van der Waals surface area (Å²) in [6.07, 6.45) is 6.49. The molecule has 0 radical (unpaired) electrons. The number of imidazole rings is 1. The number of nitrogens with one attached hydrogen (secondary N) is 2. The molecule has 39 heavy (non-hydrogen) atoms. The SMILES string of the molecule is CSCC[C@H](NC(=O)c1ccc(C=C(Cc2ncc(C)[nH]2)c2ccc(F)cc2)cc1-c1ccccc1)C(=O)O. The van der Waals surface area contributed by atoms with Gasteiger partial charge in [0.15, 0.2) is 0 Å². The van der Waals surface area contributed by atoms with Gasteiger partial charge in [-0.15, -0.1) is 0 Å². The van der Waals surface area contributed by atoms with Crippen molar-refractivity contribution < 1.29 is 19.1 Å². The fraction of sp³-hybridized carbons (Fsp3) is 0.194. The Morgan fingerprint density at radius 2 is 1.85 bits per heavy atom. The molecule has 3 aromatic carbocycles. The van der Waals surface area contributed by atoms with Gasteiger partial charge in [0, 0.05) is 23.9 Å². The Morgan fingerprint density at radius 1 is 1.10 bits per heavy atom. The zero-order valence-corrected chi connectivity index (χ0v) is 22.6. The average Bonchev–Trinajstić information content (AvgIpc) is 3.35. The Bertz CT molecular complexity index is 1470. The molecule has 1 aromatic heterocycles. The van der Waals surface area contributed by atoms with Crippen LogP contribution < -0.4 is 5.32 Å². The van der Waals surface area contributed by atoms with Crippen LogP contribution in [0.5, 0.6) is 0 Å². The number of carbonyl (C=O) groups excluding carboxylic acids is 1. The minimum atomic E-state index is -1.06. The van der Waals surface area contributed by atoms with Gasteiger partial charge in [-0.25, -0.2) is 14.2 Å². The first-order valence-electron chi connectivity index (χ1n) is 12.5. The van der Waals surface area contributed by atoms with Crippen molar-refractivity contribution in [1.29, 1.82) is 0 Å². The number of benzene rings is 3. The Labute approximate surface area is 231 Å². The molecule has 1 amide bonds. The second-order valence-corrected chi connectivity index (χ2v) is 10.2. The Balaban J connectivity index is 1.75. The van der Waals surface area contributed by atoms with E-state index in [4.69, 9.17) is 0 Å². The molecule has 200 valence electrons. The quantitative estimate of drug-likeness (QED) is 0.195. The molecule has 0 saturated carbocycles. The van der Waals surface area contributed by atoms with Crippen LogP contribution in [0.4, 0.5) is 4.39 Å². The van der Waals surface area contributed by atoms with Crippen molar-refractivity contribution in [2.45, 2.75) is 25.8 Å². The lowest BCUT2D eigenvalue weighted by Gasteiger charge is -2.17. The molecule has 1 atom stereocenters. The number of carbonyl (C=O) groups is 2. The van der Waals surface area contributed by atoms with Gasteiger partial charge in [0.1, 0.15) is 17.7 Å². The number of aromatic amines is 1. The number of aromatic nitrogens is 2. The molecule has 0 unspecified atom stereocenters. The van der Waals surface area contributed by atoms with Crippen molar-refractivity contribution in [3.8, 4) is 11.1 Å². The van der Waals surface area contributed by atoms with Crippen LogP contribution in [-0.2, 0) is 11.2 Å². The third-order valence-corrected chi connectivity index (χ3v) is 6.90. The standard InChI is InChI=1S/C31H30FN3O3S/c1-20-19-33-29(34-20)18-24(22-9-11-25(32)12-10-22)16-21-8-13-26(27(17-21)23-6-4-3-5-7-23)30(36)35-28(31(37)38)14-15-39-2/h3-13,16-17,19,28H,14-15,18H2,1-2H3,(H,33,34)(H,35,36)(H,37,38)/t28-/m0/s1. The van der Waals surface area contributed by atoms with Crippen LogP contribution in [0.15, 0.2) is 79.0 Å². The van der Waals surface area contributed by atoms with Crippen molar-refractivity contribution >= 4 is 35.3 Å². The van der Waals surface area contributed by atoms with Crippen molar-refractivity contribution in [2.75, 3.05) is 12.0 Å². The summed E-state index contributed by atoms with van der Waals surface area (Å²) in [5.41, 5.74) is 5.46. The Kier molecular flexibility index (Phi) is 9.33. The zero-order chi connectivity index (χ0) is 27.8. The summed E-state index contributed by atoms with van der Waals surface area (Å²) in [6.45, 7) is 1.93. The number of hydrogen-bond acceptors (Lipinski definition) is 4. The molecule has 0 fully saturated rings. The number of rotatable bonds is 11. The highest BCUT2D eigenvalue weighted by atomic mass is 32.2. The minimum absolute atomic E-state index is 0.314. The lowest BCUT2D eigenvalue weighted by Crippen LogP contribution is -2.41. The molecule has 3 N–H and O–H groups in total. The summed E-state index contributed by atoms with van der Waals surface area (Å²) < 4.78 is 13.7. The van der Waals surface area contributed by atoms with Crippen LogP contribution in [0, 0.1) is 12.7 Å². The van der Waals surface area contributed by atoms with E-state index < -0.39 is 17.9 Å². The highest BCUT2D eigenvalue weighted by molar-refractivity contribution is 7.98. The molecule has 0 aliphatic carbocycles. The van der Waals surface area contributed by atoms with Crippen LogP contribution in [0.2, 0.25) is 0 Å². The van der Waals surface area contributed by atoms with Crippen LogP contribution >= 0.6 is 11.8 Å².